The zero-order chi connectivity index (χ0) is 13.5. The standard InChI is InChI=1S/C16H22ClNO/c17-12-16(19)18-11-5-10-15(13-18)9-4-8-14-6-2-1-3-7-14/h1-3,6-7,15H,4-5,8-13H2. The van der Waals surface area contributed by atoms with E-state index in [1.807, 2.05) is 4.90 Å². The van der Waals surface area contributed by atoms with Gasteiger partial charge < -0.3 is 4.90 Å². The van der Waals surface area contributed by atoms with E-state index in [1.165, 1.54) is 24.8 Å². The van der Waals surface area contributed by atoms with Crippen molar-refractivity contribution in [2.24, 2.45) is 5.92 Å². The molecule has 1 heterocycles. The molecule has 1 fully saturated rings. The number of carbonyl (C=O) groups excluding carboxylic acids is 1. The average molecular weight is 280 g/mol. The van der Waals surface area contributed by atoms with Crippen molar-refractivity contribution >= 4 is 17.5 Å². The molecule has 1 aliphatic heterocycles. The summed E-state index contributed by atoms with van der Waals surface area (Å²) in [7, 11) is 0. The van der Waals surface area contributed by atoms with Gasteiger partial charge in [-0.05, 0) is 43.6 Å². The summed E-state index contributed by atoms with van der Waals surface area (Å²) < 4.78 is 0. The highest BCUT2D eigenvalue weighted by atomic mass is 35.5. The second-order valence-corrected chi connectivity index (χ2v) is 5.63. The summed E-state index contributed by atoms with van der Waals surface area (Å²) in [5.74, 6) is 0.871. The van der Waals surface area contributed by atoms with Crippen LogP contribution in [0.2, 0.25) is 0 Å². The maximum atomic E-state index is 11.6. The van der Waals surface area contributed by atoms with E-state index in [1.54, 1.807) is 0 Å². The number of carbonyl (C=O) groups is 1. The van der Waals surface area contributed by atoms with Crippen molar-refractivity contribution in [1.82, 2.24) is 4.90 Å². The second kappa shape index (κ2) is 7.54. The van der Waals surface area contributed by atoms with Gasteiger partial charge in [-0.3, -0.25) is 4.79 Å². The van der Waals surface area contributed by atoms with Gasteiger partial charge in [-0.25, -0.2) is 0 Å². The first-order valence-corrected chi connectivity index (χ1v) is 7.70. The molecule has 1 unspecified atom stereocenters. The van der Waals surface area contributed by atoms with E-state index in [4.69, 9.17) is 11.6 Å². The molecule has 0 aliphatic carbocycles. The van der Waals surface area contributed by atoms with Gasteiger partial charge >= 0.3 is 0 Å². The van der Waals surface area contributed by atoms with Crippen molar-refractivity contribution in [2.75, 3.05) is 19.0 Å². The molecular weight excluding hydrogens is 258 g/mol. The lowest BCUT2D eigenvalue weighted by Crippen LogP contribution is -2.40. The third-order valence-electron chi connectivity index (χ3n) is 3.91. The molecule has 2 nitrogen and oxygen atoms in total. The van der Waals surface area contributed by atoms with Crippen LogP contribution in [0, 0.1) is 5.92 Å². The highest BCUT2D eigenvalue weighted by molar-refractivity contribution is 6.27. The largest absolute Gasteiger partial charge is 0.341 e. The molecule has 19 heavy (non-hydrogen) atoms. The van der Waals surface area contributed by atoms with Crippen molar-refractivity contribution in [3.63, 3.8) is 0 Å². The smallest absolute Gasteiger partial charge is 0.237 e. The number of likely N-dealkylation sites (tertiary alicyclic amines) is 1. The molecule has 1 aromatic carbocycles. The van der Waals surface area contributed by atoms with E-state index in [0.29, 0.717) is 5.92 Å². The minimum Gasteiger partial charge on any atom is -0.341 e. The fourth-order valence-corrected chi connectivity index (χ4v) is 3.02. The van der Waals surface area contributed by atoms with Crippen LogP contribution in [0.4, 0.5) is 0 Å². The summed E-state index contributed by atoms with van der Waals surface area (Å²) >= 11 is 5.63. The van der Waals surface area contributed by atoms with Crippen molar-refractivity contribution in [1.29, 1.82) is 0 Å². The third kappa shape index (κ3) is 4.54. The molecule has 1 atom stereocenters. The minimum atomic E-state index is 0.0921. The lowest BCUT2D eigenvalue weighted by molar-refractivity contribution is -0.130. The van der Waals surface area contributed by atoms with Crippen molar-refractivity contribution in [2.45, 2.75) is 32.1 Å². The summed E-state index contributed by atoms with van der Waals surface area (Å²) in [6, 6.07) is 10.6. The van der Waals surface area contributed by atoms with Gasteiger partial charge in [-0.1, -0.05) is 30.3 Å². The van der Waals surface area contributed by atoms with Gasteiger partial charge in [0.2, 0.25) is 5.91 Å². The molecule has 0 N–H and O–H groups in total. The molecular formula is C16H22ClNO. The van der Waals surface area contributed by atoms with Crippen LogP contribution < -0.4 is 0 Å². The van der Waals surface area contributed by atoms with E-state index in [0.717, 1.165) is 25.9 Å². The summed E-state index contributed by atoms with van der Waals surface area (Å²) in [5.41, 5.74) is 1.41. The lowest BCUT2D eigenvalue weighted by Gasteiger charge is -2.32. The predicted octanol–water partition coefficient (Wildman–Crippen LogP) is 3.49. The number of alkyl halides is 1. The third-order valence-corrected chi connectivity index (χ3v) is 4.14. The fourth-order valence-electron chi connectivity index (χ4n) is 2.85. The molecule has 0 saturated carbocycles. The van der Waals surface area contributed by atoms with Crippen LogP contribution in [-0.4, -0.2) is 29.8 Å². The van der Waals surface area contributed by atoms with Crippen LogP contribution in [0.5, 0.6) is 0 Å². The Morgan fingerprint density at radius 2 is 2.11 bits per heavy atom. The molecule has 2 rings (SSSR count). The topological polar surface area (TPSA) is 20.3 Å². The number of hydrogen-bond acceptors (Lipinski definition) is 1. The first-order valence-electron chi connectivity index (χ1n) is 7.17. The van der Waals surface area contributed by atoms with Gasteiger partial charge in [-0.15, -0.1) is 11.6 Å². The van der Waals surface area contributed by atoms with E-state index < -0.39 is 0 Å². The van der Waals surface area contributed by atoms with Gasteiger partial charge in [0.05, 0.1) is 0 Å². The van der Waals surface area contributed by atoms with Gasteiger partial charge in [0.15, 0.2) is 0 Å². The number of rotatable bonds is 5. The normalized spacial score (nSPS) is 19.4. The Morgan fingerprint density at radius 3 is 2.84 bits per heavy atom. The number of amides is 1. The van der Waals surface area contributed by atoms with Crippen LogP contribution in [0.25, 0.3) is 0 Å². The summed E-state index contributed by atoms with van der Waals surface area (Å²) in [6.07, 6.45) is 5.93. The maximum Gasteiger partial charge on any atom is 0.237 e. The van der Waals surface area contributed by atoms with E-state index in [2.05, 4.69) is 30.3 Å². The molecule has 1 aromatic rings. The summed E-state index contributed by atoms with van der Waals surface area (Å²) in [6.45, 7) is 1.79. The highest BCUT2D eigenvalue weighted by Crippen LogP contribution is 2.22. The maximum absolute atomic E-state index is 11.6. The summed E-state index contributed by atoms with van der Waals surface area (Å²) in [4.78, 5) is 13.5. The fraction of sp³-hybridized carbons (Fsp3) is 0.562. The molecule has 0 bridgehead atoms. The van der Waals surface area contributed by atoms with Crippen LogP contribution >= 0.6 is 11.6 Å². The number of halogens is 1. The second-order valence-electron chi connectivity index (χ2n) is 5.36. The Bertz CT molecular complexity index is 393. The molecule has 104 valence electrons. The van der Waals surface area contributed by atoms with Crippen molar-refractivity contribution < 1.29 is 4.79 Å². The van der Waals surface area contributed by atoms with Crippen LogP contribution in [0.1, 0.15) is 31.2 Å². The minimum absolute atomic E-state index is 0.0921. The van der Waals surface area contributed by atoms with E-state index in [-0.39, 0.29) is 11.8 Å². The number of nitrogens with zero attached hydrogens (tertiary/aromatic N) is 1. The molecule has 0 radical (unpaired) electrons. The highest BCUT2D eigenvalue weighted by Gasteiger charge is 2.22. The van der Waals surface area contributed by atoms with E-state index >= 15 is 0 Å². The Hall–Kier alpha value is -1.02. The Balaban J connectivity index is 1.72. The monoisotopic (exact) mass is 279 g/mol. The van der Waals surface area contributed by atoms with Gasteiger partial charge in [0.25, 0.3) is 0 Å². The molecule has 1 saturated heterocycles. The Kier molecular flexibility index (Phi) is 5.71. The molecule has 1 amide bonds. The zero-order valence-electron chi connectivity index (χ0n) is 11.4. The Labute approximate surface area is 120 Å². The quantitative estimate of drug-likeness (QED) is 0.756. The number of piperidine rings is 1. The van der Waals surface area contributed by atoms with Crippen LogP contribution in [0.15, 0.2) is 30.3 Å². The molecule has 1 aliphatic rings. The SMILES string of the molecule is O=C(CCl)N1CCCC(CCCc2ccccc2)C1. The zero-order valence-corrected chi connectivity index (χ0v) is 12.1. The average Bonchev–Trinajstić information content (AvgIpc) is 2.48. The first-order chi connectivity index (χ1) is 9.29. The number of aryl methyl sites for hydroxylation is 1. The van der Waals surface area contributed by atoms with Gasteiger partial charge in [0, 0.05) is 13.1 Å². The summed E-state index contributed by atoms with van der Waals surface area (Å²) in [5, 5.41) is 0. The molecule has 0 spiro atoms. The predicted molar refractivity (Wildman–Crippen MR) is 79.4 cm³/mol. The molecule has 0 aromatic heterocycles. The first kappa shape index (κ1) is 14.4. The Morgan fingerprint density at radius 1 is 1.32 bits per heavy atom. The van der Waals surface area contributed by atoms with E-state index in [9.17, 15) is 4.79 Å². The van der Waals surface area contributed by atoms with Crippen LogP contribution in [0.3, 0.4) is 0 Å². The number of hydrogen-bond donors (Lipinski definition) is 0. The van der Waals surface area contributed by atoms with Gasteiger partial charge in [0.1, 0.15) is 5.88 Å². The lowest BCUT2D eigenvalue weighted by atomic mass is 9.92. The van der Waals surface area contributed by atoms with Gasteiger partial charge in [-0.2, -0.15) is 0 Å². The number of benzene rings is 1. The molecule has 3 heteroatoms. The van der Waals surface area contributed by atoms with Crippen molar-refractivity contribution in [3.8, 4) is 0 Å². The van der Waals surface area contributed by atoms with Crippen LogP contribution in [-0.2, 0) is 11.2 Å². The van der Waals surface area contributed by atoms with Crippen molar-refractivity contribution in [3.05, 3.63) is 35.9 Å².